The molecule has 1 atom stereocenters. The number of unbranched alkanes of at least 4 members (excludes halogenated alkanes) is 3. The Balaban J connectivity index is 3.02. The Morgan fingerprint density at radius 3 is 2.45 bits per heavy atom. The highest BCUT2D eigenvalue weighted by molar-refractivity contribution is 9.10. The Morgan fingerprint density at radius 2 is 1.85 bits per heavy atom. The number of hydrogen-bond acceptors (Lipinski definition) is 2. The zero-order chi connectivity index (χ0) is 15.2. The van der Waals surface area contributed by atoms with E-state index in [1.165, 1.54) is 19.3 Å². The van der Waals surface area contributed by atoms with Crippen LogP contribution in [0.15, 0.2) is 20.3 Å². The molecule has 5 heteroatoms. The molecule has 0 aliphatic carbocycles. The minimum absolute atomic E-state index is 0.230. The number of nitrogens with zero attached hydrogens (tertiary/aromatic N) is 1. The summed E-state index contributed by atoms with van der Waals surface area (Å²) in [5, 5.41) is 0. The minimum atomic E-state index is -0.365. The summed E-state index contributed by atoms with van der Waals surface area (Å²) in [5.41, 5.74) is -0.910. The van der Waals surface area contributed by atoms with Gasteiger partial charge in [-0.3, -0.25) is 14.3 Å². The van der Waals surface area contributed by atoms with Crippen LogP contribution in [0.2, 0.25) is 0 Å². The molecule has 0 radical (unpaired) electrons. The van der Waals surface area contributed by atoms with E-state index in [1.54, 1.807) is 10.8 Å². The molecule has 1 rings (SSSR count). The predicted octanol–water partition coefficient (Wildman–Crippen LogP) is 3.78. The van der Waals surface area contributed by atoms with Crippen LogP contribution < -0.4 is 11.2 Å². The van der Waals surface area contributed by atoms with Crippen molar-refractivity contribution in [1.29, 1.82) is 0 Å². The average molecular weight is 345 g/mol. The summed E-state index contributed by atoms with van der Waals surface area (Å²) in [4.78, 5) is 25.9. The average Bonchev–Trinajstić information content (AvgIpc) is 2.39. The summed E-state index contributed by atoms with van der Waals surface area (Å²) in [5.74, 6) is 0. The number of hydrogen-bond donors (Lipinski definition) is 1. The van der Waals surface area contributed by atoms with Gasteiger partial charge in [-0.2, -0.15) is 0 Å². The summed E-state index contributed by atoms with van der Waals surface area (Å²) in [6.45, 7) is 6.42. The topological polar surface area (TPSA) is 54.9 Å². The summed E-state index contributed by atoms with van der Waals surface area (Å²) < 4.78 is 2.10. The molecule has 0 aliphatic rings. The highest BCUT2D eigenvalue weighted by Gasteiger charge is 2.26. The second-order valence-electron chi connectivity index (χ2n) is 5.66. The van der Waals surface area contributed by atoms with Crippen molar-refractivity contribution in [3.63, 3.8) is 0 Å². The van der Waals surface area contributed by atoms with Gasteiger partial charge < -0.3 is 0 Å². The Labute approximate surface area is 128 Å². The third-order valence-corrected chi connectivity index (χ3v) is 4.40. The minimum Gasteiger partial charge on any atom is -0.294 e. The van der Waals surface area contributed by atoms with Crippen molar-refractivity contribution in [2.45, 2.75) is 71.3 Å². The Kier molecular flexibility index (Phi) is 6.72. The van der Waals surface area contributed by atoms with E-state index in [1.807, 2.05) is 0 Å². The SMILES string of the molecule is CCCCCCC(C)(CCC)n1cc(Br)c(=O)[nH]c1=O. The number of rotatable bonds is 8. The van der Waals surface area contributed by atoms with E-state index in [0.29, 0.717) is 4.47 Å². The van der Waals surface area contributed by atoms with Crippen LogP contribution in [0.4, 0.5) is 0 Å². The first kappa shape index (κ1) is 17.2. The molecule has 0 aromatic carbocycles. The van der Waals surface area contributed by atoms with E-state index in [0.717, 1.165) is 25.7 Å². The molecule has 4 nitrogen and oxygen atoms in total. The van der Waals surface area contributed by atoms with Gasteiger partial charge >= 0.3 is 5.69 Å². The van der Waals surface area contributed by atoms with Crippen LogP contribution in [0.25, 0.3) is 0 Å². The van der Waals surface area contributed by atoms with Crippen molar-refractivity contribution in [2.24, 2.45) is 0 Å². The molecule has 0 spiro atoms. The molecule has 1 aromatic rings. The van der Waals surface area contributed by atoms with E-state index in [-0.39, 0.29) is 16.8 Å². The van der Waals surface area contributed by atoms with Gasteiger partial charge in [0.1, 0.15) is 0 Å². The van der Waals surface area contributed by atoms with Crippen LogP contribution in [0.5, 0.6) is 0 Å². The maximum atomic E-state index is 12.1. The standard InChI is InChI=1S/C15H25BrN2O2/c1-4-6-7-8-10-15(3,9-5-2)18-11-12(16)13(19)17-14(18)20/h11H,4-10H2,1-3H3,(H,17,19,20). The van der Waals surface area contributed by atoms with Crippen molar-refractivity contribution in [2.75, 3.05) is 0 Å². The summed E-state index contributed by atoms with van der Waals surface area (Å²) in [7, 11) is 0. The van der Waals surface area contributed by atoms with Gasteiger partial charge in [0.05, 0.1) is 4.47 Å². The molecule has 0 saturated heterocycles. The van der Waals surface area contributed by atoms with Gasteiger partial charge in [0.25, 0.3) is 5.56 Å². The van der Waals surface area contributed by atoms with Gasteiger partial charge in [-0.05, 0) is 35.7 Å². The lowest BCUT2D eigenvalue weighted by Crippen LogP contribution is -2.42. The molecule has 20 heavy (non-hydrogen) atoms. The van der Waals surface area contributed by atoms with Gasteiger partial charge in [0, 0.05) is 11.7 Å². The fourth-order valence-electron chi connectivity index (χ4n) is 2.69. The molecule has 1 aromatic heterocycles. The lowest BCUT2D eigenvalue weighted by molar-refractivity contribution is 0.246. The maximum Gasteiger partial charge on any atom is 0.328 e. The third kappa shape index (κ3) is 4.33. The largest absolute Gasteiger partial charge is 0.328 e. The van der Waals surface area contributed by atoms with E-state index in [9.17, 15) is 9.59 Å². The highest BCUT2D eigenvalue weighted by Crippen LogP contribution is 2.28. The quantitative estimate of drug-likeness (QED) is 0.729. The first-order chi connectivity index (χ1) is 9.44. The first-order valence-corrected chi connectivity index (χ1v) is 8.26. The van der Waals surface area contributed by atoms with Crippen LogP contribution in [0.3, 0.4) is 0 Å². The molecule has 0 aliphatic heterocycles. The molecule has 0 amide bonds. The number of H-pyrrole nitrogens is 1. The monoisotopic (exact) mass is 344 g/mol. The molecule has 1 heterocycles. The summed E-state index contributed by atoms with van der Waals surface area (Å²) in [6.07, 6.45) is 9.25. The zero-order valence-electron chi connectivity index (χ0n) is 12.7. The number of halogens is 1. The number of aromatic nitrogens is 2. The van der Waals surface area contributed by atoms with Gasteiger partial charge in [-0.25, -0.2) is 4.79 Å². The molecule has 114 valence electrons. The van der Waals surface area contributed by atoms with E-state index >= 15 is 0 Å². The third-order valence-electron chi connectivity index (χ3n) is 3.84. The van der Waals surface area contributed by atoms with E-state index < -0.39 is 0 Å². The van der Waals surface area contributed by atoms with Crippen LogP contribution in [0, 0.1) is 0 Å². The molecular weight excluding hydrogens is 320 g/mol. The Hall–Kier alpha value is -0.840. The van der Waals surface area contributed by atoms with Crippen molar-refractivity contribution >= 4 is 15.9 Å². The Bertz CT molecular complexity index is 535. The van der Waals surface area contributed by atoms with Gasteiger partial charge in [-0.1, -0.05) is 46.0 Å². The van der Waals surface area contributed by atoms with Crippen molar-refractivity contribution in [3.05, 3.63) is 31.5 Å². The number of aromatic amines is 1. The highest BCUT2D eigenvalue weighted by atomic mass is 79.9. The second-order valence-corrected chi connectivity index (χ2v) is 6.52. The van der Waals surface area contributed by atoms with Crippen LogP contribution in [-0.4, -0.2) is 9.55 Å². The van der Waals surface area contributed by atoms with Crippen LogP contribution in [0.1, 0.15) is 65.7 Å². The van der Waals surface area contributed by atoms with Crippen LogP contribution in [-0.2, 0) is 5.54 Å². The fourth-order valence-corrected chi connectivity index (χ4v) is 2.99. The molecular formula is C15H25BrN2O2. The predicted molar refractivity (Wildman–Crippen MR) is 86.3 cm³/mol. The van der Waals surface area contributed by atoms with Crippen molar-refractivity contribution in [1.82, 2.24) is 9.55 Å². The molecule has 0 fully saturated rings. The molecule has 0 saturated carbocycles. The van der Waals surface area contributed by atoms with Gasteiger partial charge in [0.15, 0.2) is 0 Å². The van der Waals surface area contributed by atoms with E-state index in [4.69, 9.17) is 0 Å². The molecule has 1 N–H and O–H groups in total. The zero-order valence-corrected chi connectivity index (χ0v) is 14.3. The fraction of sp³-hybridized carbons (Fsp3) is 0.733. The maximum absolute atomic E-state index is 12.1. The molecule has 1 unspecified atom stereocenters. The lowest BCUT2D eigenvalue weighted by Gasteiger charge is -2.31. The van der Waals surface area contributed by atoms with Gasteiger partial charge in [0.2, 0.25) is 0 Å². The normalized spacial score (nSPS) is 14.2. The number of nitrogens with one attached hydrogen (secondary N) is 1. The van der Waals surface area contributed by atoms with Gasteiger partial charge in [-0.15, -0.1) is 0 Å². The smallest absolute Gasteiger partial charge is 0.294 e. The summed E-state index contributed by atoms with van der Waals surface area (Å²) in [6, 6.07) is 0. The lowest BCUT2D eigenvalue weighted by atomic mass is 9.89. The molecule has 0 bridgehead atoms. The van der Waals surface area contributed by atoms with Crippen molar-refractivity contribution in [3.8, 4) is 0 Å². The first-order valence-electron chi connectivity index (χ1n) is 7.46. The Morgan fingerprint density at radius 1 is 1.15 bits per heavy atom. The summed E-state index contributed by atoms with van der Waals surface area (Å²) >= 11 is 3.21. The van der Waals surface area contributed by atoms with Crippen LogP contribution >= 0.6 is 15.9 Å². The van der Waals surface area contributed by atoms with E-state index in [2.05, 4.69) is 41.7 Å². The van der Waals surface area contributed by atoms with Crippen molar-refractivity contribution < 1.29 is 0 Å². The second kappa shape index (κ2) is 7.81.